The molecule has 0 aliphatic rings. The molecule has 0 bridgehead atoms. The largest absolute Gasteiger partial charge is 0.500 e. The summed E-state index contributed by atoms with van der Waals surface area (Å²) in [5.74, 6) is 0. The number of hydrogen-bond donors (Lipinski definition) is 1. The van der Waals surface area contributed by atoms with Gasteiger partial charge in [0.2, 0.25) is 0 Å². The highest BCUT2D eigenvalue weighted by atomic mass is 28.4. The Morgan fingerprint density at radius 1 is 0.909 bits per heavy atom. The lowest BCUT2D eigenvalue weighted by Gasteiger charge is -2.24. The van der Waals surface area contributed by atoms with Gasteiger partial charge in [-0.1, -0.05) is 49.2 Å². The Bertz CT molecular complexity index is 337. The predicted octanol–water partition coefficient (Wildman–Crippen LogP) is 3.64. The van der Waals surface area contributed by atoms with Gasteiger partial charge in [-0.15, -0.1) is 0 Å². The summed E-state index contributed by atoms with van der Waals surface area (Å²) < 4.78 is 16.0. The normalized spacial score (nSPS) is 11.0. The molecule has 128 valence electrons. The Balaban J connectivity index is 0.000000518. The lowest BCUT2D eigenvalue weighted by atomic mass is 10.2. The highest BCUT2D eigenvalue weighted by Crippen LogP contribution is 2.14. The Kier molecular flexibility index (Phi) is 13.4. The van der Waals surface area contributed by atoms with E-state index in [1.807, 2.05) is 18.2 Å². The topological polar surface area (TPSA) is 39.7 Å². The van der Waals surface area contributed by atoms with Crippen molar-refractivity contribution in [2.45, 2.75) is 39.2 Å². The third-order valence-corrected chi connectivity index (χ3v) is 6.25. The van der Waals surface area contributed by atoms with E-state index in [0.29, 0.717) is 0 Å². The Hall–Kier alpha value is -0.723. The zero-order valence-electron chi connectivity index (χ0n) is 14.9. The Morgan fingerprint density at radius 3 is 1.86 bits per heavy atom. The molecule has 22 heavy (non-hydrogen) atoms. The fraction of sp³-hybridized carbons (Fsp3) is 0.647. The molecule has 0 heterocycles. The van der Waals surface area contributed by atoms with Crippen molar-refractivity contribution in [2.24, 2.45) is 0 Å². The number of aryl methyl sites for hydroxylation is 1. The fourth-order valence-electron chi connectivity index (χ4n) is 1.95. The predicted molar refractivity (Wildman–Crippen MR) is 95.2 cm³/mol. The van der Waals surface area contributed by atoms with Crippen LogP contribution in [0.4, 0.5) is 0 Å². The van der Waals surface area contributed by atoms with Gasteiger partial charge >= 0.3 is 8.80 Å². The van der Waals surface area contributed by atoms with Crippen molar-refractivity contribution in [3.8, 4) is 0 Å². The first-order valence-electron chi connectivity index (χ1n) is 8.02. The van der Waals surface area contributed by atoms with Gasteiger partial charge in [-0.3, -0.25) is 0 Å². The average molecular weight is 328 g/mol. The van der Waals surface area contributed by atoms with E-state index < -0.39 is 8.80 Å². The fourth-order valence-corrected chi connectivity index (χ4v) is 3.67. The van der Waals surface area contributed by atoms with Gasteiger partial charge in [0.25, 0.3) is 0 Å². The highest BCUT2D eigenvalue weighted by molar-refractivity contribution is 6.60. The third kappa shape index (κ3) is 10.1. The standard InChI is InChI=1S/C10H25NO3Si.C7H8/c1-5-6-8-11-9-7-10-15(12-2,13-3)14-4;1-7-5-3-2-4-6-7/h11H,5-10H2,1-4H3;2-6H,1H3. The number of benzene rings is 1. The van der Waals surface area contributed by atoms with E-state index >= 15 is 0 Å². The molecular weight excluding hydrogens is 294 g/mol. The molecule has 0 atom stereocenters. The second kappa shape index (κ2) is 13.9. The Labute approximate surface area is 137 Å². The maximum Gasteiger partial charge on any atom is 0.500 e. The van der Waals surface area contributed by atoms with Gasteiger partial charge < -0.3 is 18.6 Å². The van der Waals surface area contributed by atoms with Gasteiger partial charge in [-0.25, -0.2) is 0 Å². The van der Waals surface area contributed by atoms with E-state index in [0.717, 1.165) is 25.6 Å². The van der Waals surface area contributed by atoms with Crippen LogP contribution in [-0.2, 0) is 13.3 Å². The van der Waals surface area contributed by atoms with Crippen LogP contribution < -0.4 is 5.32 Å². The first kappa shape index (κ1) is 21.3. The quantitative estimate of drug-likeness (QED) is 0.526. The second-order valence-corrected chi connectivity index (χ2v) is 8.25. The summed E-state index contributed by atoms with van der Waals surface area (Å²) >= 11 is 0. The first-order chi connectivity index (χ1) is 10.6. The molecule has 1 aromatic rings. The van der Waals surface area contributed by atoms with Gasteiger partial charge in [0.1, 0.15) is 0 Å². The van der Waals surface area contributed by atoms with Crippen LogP contribution in [0.2, 0.25) is 6.04 Å². The van der Waals surface area contributed by atoms with Crippen LogP contribution in [0.25, 0.3) is 0 Å². The highest BCUT2D eigenvalue weighted by Gasteiger charge is 2.36. The van der Waals surface area contributed by atoms with E-state index in [2.05, 4.69) is 31.3 Å². The second-order valence-electron chi connectivity index (χ2n) is 5.16. The van der Waals surface area contributed by atoms with Crippen LogP contribution in [0.3, 0.4) is 0 Å². The minimum absolute atomic E-state index is 0.871. The molecule has 0 fully saturated rings. The third-order valence-electron chi connectivity index (χ3n) is 3.42. The molecule has 0 spiro atoms. The van der Waals surface area contributed by atoms with E-state index in [1.165, 1.54) is 18.4 Å². The Morgan fingerprint density at radius 2 is 1.45 bits per heavy atom. The molecule has 1 aromatic carbocycles. The number of nitrogens with one attached hydrogen (secondary N) is 1. The summed E-state index contributed by atoms with van der Waals surface area (Å²) in [6.45, 7) is 6.38. The van der Waals surface area contributed by atoms with Crippen LogP contribution >= 0.6 is 0 Å². The van der Waals surface area contributed by atoms with Crippen LogP contribution in [0.15, 0.2) is 30.3 Å². The van der Waals surface area contributed by atoms with Crippen molar-refractivity contribution in [2.75, 3.05) is 34.4 Å². The van der Waals surface area contributed by atoms with E-state index in [1.54, 1.807) is 21.3 Å². The minimum atomic E-state index is -2.33. The molecule has 0 saturated carbocycles. The molecule has 0 amide bonds. The van der Waals surface area contributed by atoms with E-state index in [9.17, 15) is 0 Å². The maximum atomic E-state index is 5.33. The van der Waals surface area contributed by atoms with Gasteiger partial charge in [-0.05, 0) is 32.9 Å². The van der Waals surface area contributed by atoms with Crippen molar-refractivity contribution in [3.63, 3.8) is 0 Å². The molecule has 0 aromatic heterocycles. The van der Waals surface area contributed by atoms with E-state index in [-0.39, 0.29) is 0 Å². The molecule has 0 unspecified atom stereocenters. The molecule has 1 N–H and O–H groups in total. The summed E-state index contributed by atoms with van der Waals surface area (Å²) in [5, 5.41) is 3.39. The molecule has 0 saturated heterocycles. The summed E-state index contributed by atoms with van der Waals surface area (Å²) in [6.07, 6.45) is 3.51. The van der Waals surface area contributed by atoms with Crippen LogP contribution in [0, 0.1) is 6.92 Å². The zero-order chi connectivity index (χ0) is 16.7. The number of unbranched alkanes of at least 4 members (excludes halogenated alkanes) is 1. The zero-order valence-corrected chi connectivity index (χ0v) is 15.9. The maximum absolute atomic E-state index is 5.33. The summed E-state index contributed by atoms with van der Waals surface area (Å²) in [7, 11) is 2.64. The molecule has 0 radical (unpaired) electrons. The van der Waals surface area contributed by atoms with Crippen molar-refractivity contribution in [1.82, 2.24) is 5.32 Å². The van der Waals surface area contributed by atoms with Crippen LogP contribution in [0.1, 0.15) is 31.7 Å². The van der Waals surface area contributed by atoms with Gasteiger partial charge in [0.05, 0.1) is 0 Å². The monoisotopic (exact) mass is 327 g/mol. The molecule has 1 rings (SSSR count). The first-order valence-corrected chi connectivity index (χ1v) is 9.95. The molecule has 0 aliphatic heterocycles. The van der Waals surface area contributed by atoms with Crippen molar-refractivity contribution in [1.29, 1.82) is 0 Å². The number of rotatable bonds is 10. The van der Waals surface area contributed by atoms with Crippen molar-refractivity contribution >= 4 is 8.80 Å². The summed E-state index contributed by atoms with van der Waals surface area (Å²) in [5.41, 5.74) is 1.32. The van der Waals surface area contributed by atoms with Crippen LogP contribution in [0.5, 0.6) is 0 Å². The van der Waals surface area contributed by atoms with Crippen molar-refractivity contribution < 1.29 is 13.3 Å². The molecule has 5 heteroatoms. The average Bonchev–Trinajstić information content (AvgIpc) is 2.56. The molecular formula is C17H33NO3Si. The minimum Gasteiger partial charge on any atom is -0.377 e. The summed E-state index contributed by atoms with van der Waals surface area (Å²) in [4.78, 5) is 0. The van der Waals surface area contributed by atoms with Gasteiger partial charge in [-0.2, -0.15) is 0 Å². The molecule has 0 aliphatic carbocycles. The van der Waals surface area contributed by atoms with Crippen molar-refractivity contribution in [3.05, 3.63) is 35.9 Å². The summed E-state index contributed by atoms with van der Waals surface area (Å²) in [6, 6.07) is 11.1. The van der Waals surface area contributed by atoms with Gasteiger partial charge in [0, 0.05) is 27.4 Å². The van der Waals surface area contributed by atoms with Gasteiger partial charge in [0.15, 0.2) is 0 Å². The van der Waals surface area contributed by atoms with Crippen LogP contribution in [-0.4, -0.2) is 43.2 Å². The van der Waals surface area contributed by atoms with E-state index in [4.69, 9.17) is 13.3 Å². The number of hydrogen-bond acceptors (Lipinski definition) is 4. The molecule has 4 nitrogen and oxygen atoms in total. The SMILES string of the molecule is CCCCNCCC[Si](OC)(OC)OC.Cc1ccccc1. The lowest BCUT2D eigenvalue weighted by Crippen LogP contribution is -2.43. The smallest absolute Gasteiger partial charge is 0.377 e. The lowest BCUT2D eigenvalue weighted by molar-refractivity contribution is 0.123.